The van der Waals surface area contributed by atoms with E-state index < -0.39 is 0 Å². The molecule has 0 aliphatic heterocycles. The topological polar surface area (TPSA) is 26.0 Å². The molecule has 0 amide bonds. The summed E-state index contributed by atoms with van der Waals surface area (Å²) in [5.74, 6) is 0. The summed E-state index contributed by atoms with van der Waals surface area (Å²) in [7, 11) is 0. The van der Waals surface area contributed by atoms with Crippen LogP contribution in [-0.2, 0) is 0 Å². The predicted molar refractivity (Wildman–Crippen MR) is 45.8 cm³/mol. The van der Waals surface area contributed by atoms with E-state index >= 15 is 0 Å². The van der Waals surface area contributed by atoms with Crippen molar-refractivity contribution in [1.29, 1.82) is 0 Å². The van der Waals surface area contributed by atoms with E-state index in [0.717, 1.165) is 9.37 Å². The number of hydrogen-bond donors (Lipinski definition) is 2. The van der Waals surface area contributed by atoms with Crippen LogP contribution in [0, 0.1) is 0 Å². The quantitative estimate of drug-likeness (QED) is 0.492. The lowest BCUT2D eigenvalue weighted by atomic mass is 10.3. The minimum Gasteiger partial charge on any atom is -0.398 e. The van der Waals surface area contributed by atoms with Crippen LogP contribution >= 0.6 is 28.6 Å². The molecule has 1 aromatic carbocycles. The first-order valence-corrected chi connectivity index (χ1v) is 3.69. The molecule has 0 fully saturated rings. The fraction of sp³-hybridized carbons (Fsp3) is 0. The fourth-order valence-electron chi connectivity index (χ4n) is 0.532. The zero-order chi connectivity index (χ0) is 6.85. The molecule has 2 N–H and O–H groups in total. The highest BCUT2D eigenvalue weighted by atomic mass is 79.9. The molecule has 0 heterocycles. The number of halogens is 1. The molecule has 48 valence electrons. The number of thiol groups is 1. The van der Waals surface area contributed by atoms with E-state index in [1.807, 2.05) is 18.2 Å². The molecule has 1 aromatic rings. The van der Waals surface area contributed by atoms with Gasteiger partial charge in [-0.15, -0.1) is 12.6 Å². The third kappa shape index (κ3) is 1.40. The van der Waals surface area contributed by atoms with Crippen molar-refractivity contribution in [1.82, 2.24) is 0 Å². The smallest absolute Gasteiger partial charge is 0.0461 e. The molecular weight excluding hydrogens is 198 g/mol. The van der Waals surface area contributed by atoms with E-state index in [-0.39, 0.29) is 0 Å². The van der Waals surface area contributed by atoms with Crippen molar-refractivity contribution >= 4 is 34.2 Å². The molecular formula is C6H6BrNS. The van der Waals surface area contributed by atoms with Crippen molar-refractivity contribution in [3.05, 3.63) is 22.7 Å². The first kappa shape index (κ1) is 6.96. The molecule has 0 aliphatic rings. The van der Waals surface area contributed by atoms with Gasteiger partial charge >= 0.3 is 0 Å². The molecule has 0 saturated heterocycles. The van der Waals surface area contributed by atoms with Crippen LogP contribution in [0.4, 0.5) is 5.69 Å². The van der Waals surface area contributed by atoms with Gasteiger partial charge in [-0.05, 0) is 28.1 Å². The van der Waals surface area contributed by atoms with Gasteiger partial charge in [-0.2, -0.15) is 0 Å². The number of rotatable bonds is 0. The van der Waals surface area contributed by atoms with E-state index in [0.29, 0.717) is 5.69 Å². The van der Waals surface area contributed by atoms with E-state index in [1.165, 1.54) is 0 Å². The maximum Gasteiger partial charge on any atom is 0.0461 e. The summed E-state index contributed by atoms with van der Waals surface area (Å²) in [5, 5.41) is 0. The Morgan fingerprint density at radius 1 is 1.44 bits per heavy atom. The lowest BCUT2D eigenvalue weighted by molar-refractivity contribution is 1.42. The molecule has 0 bridgehead atoms. The number of nitrogen functional groups attached to an aromatic ring is 1. The second kappa shape index (κ2) is 2.62. The third-order valence-electron chi connectivity index (χ3n) is 1.02. The maximum atomic E-state index is 5.51. The standard InChI is InChI=1S/C6H6BrNS/c7-4-2-1-3-5(8)6(4)9/h1-3,9H,8H2. The lowest BCUT2D eigenvalue weighted by Crippen LogP contribution is -1.85. The van der Waals surface area contributed by atoms with Gasteiger partial charge < -0.3 is 5.73 Å². The average molecular weight is 204 g/mol. The lowest BCUT2D eigenvalue weighted by Gasteiger charge is -1.98. The largest absolute Gasteiger partial charge is 0.398 e. The molecule has 0 radical (unpaired) electrons. The molecule has 0 unspecified atom stereocenters. The van der Waals surface area contributed by atoms with Gasteiger partial charge in [0.25, 0.3) is 0 Å². The molecule has 0 saturated carbocycles. The minimum absolute atomic E-state index is 0.702. The summed E-state index contributed by atoms with van der Waals surface area (Å²) in [6.45, 7) is 0. The Kier molecular flexibility index (Phi) is 2.03. The van der Waals surface area contributed by atoms with Crippen molar-refractivity contribution in [3.8, 4) is 0 Å². The van der Waals surface area contributed by atoms with E-state index in [2.05, 4.69) is 28.6 Å². The Hall–Kier alpha value is -0.150. The molecule has 9 heavy (non-hydrogen) atoms. The molecule has 1 nitrogen and oxygen atoms in total. The van der Waals surface area contributed by atoms with Gasteiger partial charge in [0, 0.05) is 15.1 Å². The first-order valence-electron chi connectivity index (χ1n) is 2.45. The Balaban J connectivity index is 3.25. The Morgan fingerprint density at radius 2 is 2.11 bits per heavy atom. The van der Waals surface area contributed by atoms with Crippen molar-refractivity contribution < 1.29 is 0 Å². The van der Waals surface area contributed by atoms with E-state index in [9.17, 15) is 0 Å². The summed E-state index contributed by atoms with van der Waals surface area (Å²) in [5.41, 5.74) is 6.22. The van der Waals surface area contributed by atoms with Gasteiger partial charge in [0.1, 0.15) is 0 Å². The van der Waals surface area contributed by atoms with E-state index in [1.54, 1.807) is 0 Å². The Labute approximate surface area is 67.8 Å². The summed E-state index contributed by atoms with van der Waals surface area (Å²) in [6.07, 6.45) is 0. The van der Waals surface area contributed by atoms with Crippen LogP contribution in [0.25, 0.3) is 0 Å². The van der Waals surface area contributed by atoms with Gasteiger partial charge in [0.05, 0.1) is 0 Å². The SMILES string of the molecule is Nc1cccc(Br)c1S. The summed E-state index contributed by atoms with van der Waals surface area (Å²) in [4.78, 5) is 0.803. The van der Waals surface area contributed by atoms with Crippen molar-refractivity contribution in [2.24, 2.45) is 0 Å². The van der Waals surface area contributed by atoms with Crippen LogP contribution < -0.4 is 5.73 Å². The van der Waals surface area contributed by atoms with Gasteiger partial charge in [-0.3, -0.25) is 0 Å². The fourth-order valence-corrected chi connectivity index (χ4v) is 1.06. The second-order valence-corrected chi connectivity index (χ2v) is 2.98. The highest BCUT2D eigenvalue weighted by molar-refractivity contribution is 9.10. The number of hydrogen-bond acceptors (Lipinski definition) is 2. The van der Waals surface area contributed by atoms with Crippen molar-refractivity contribution in [3.63, 3.8) is 0 Å². The zero-order valence-electron chi connectivity index (χ0n) is 4.63. The van der Waals surface area contributed by atoms with Gasteiger partial charge in [-0.1, -0.05) is 6.07 Å². The Bertz CT molecular complexity index is 204. The average Bonchev–Trinajstić information content (AvgIpc) is 1.83. The third-order valence-corrected chi connectivity index (χ3v) is 2.48. The minimum atomic E-state index is 0.702. The number of benzene rings is 1. The van der Waals surface area contributed by atoms with Crippen molar-refractivity contribution in [2.45, 2.75) is 4.90 Å². The van der Waals surface area contributed by atoms with Crippen LogP contribution in [0.3, 0.4) is 0 Å². The number of anilines is 1. The van der Waals surface area contributed by atoms with Crippen LogP contribution in [0.5, 0.6) is 0 Å². The van der Waals surface area contributed by atoms with Gasteiger partial charge in [0.15, 0.2) is 0 Å². The maximum absolute atomic E-state index is 5.51. The molecule has 1 rings (SSSR count). The van der Waals surface area contributed by atoms with Crippen LogP contribution in [0.15, 0.2) is 27.6 Å². The summed E-state index contributed by atoms with van der Waals surface area (Å²) < 4.78 is 0.936. The predicted octanol–water partition coefficient (Wildman–Crippen LogP) is 2.32. The van der Waals surface area contributed by atoms with Crippen molar-refractivity contribution in [2.75, 3.05) is 5.73 Å². The summed E-state index contributed by atoms with van der Waals surface area (Å²) >= 11 is 7.43. The summed E-state index contributed by atoms with van der Waals surface area (Å²) in [6, 6.07) is 5.59. The molecule has 0 spiro atoms. The first-order chi connectivity index (χ1) is 4.22. The molecule has 3 heteroatoms. The van der Waals surface area contributed by atoms with Crippen LogP contribution in [0.2, 0.25) is 0 Å². The van der Waals surface area contributed by atoms with Crippen LogP contribution in [-0.4, -0.2) is 0 Å². The van der Waals surface area contributed by atoms with E-state index in [4.69, 9.17) is 5.73 Å². The van der Waals surface area contributed by atoms with Crippen LogP contribution in [0.1, 0.15) is 0 Å². The molecule has 0 aliphatic carbocycles. The highest BCUT2D eigenvalue weighted by Gasteiger charge is 1.95. The van der Waals surface area contributed by atoms with Gasteiger partial charge in [0.2, 0.25) is 0 Å². The van der Waals surface area contributed by atoms with Gasteiger partial charge in [-0.25, -0.2) is 0 Å². The zero-order valence-corrected chi connectivity index (χ0v) is 7.12. The highest BCUT2D eigenvalue weighted by Crippen LogP contribution is 2.25. The monoisotopic (exact) mass is 203 g/mol. The normalized spacial score (nSPS) is 9.56. The second-order valence-electron chi connectivity index (χ2n) is 1.68. The molecule has 0 atom stereocenters. The Morgan fingerprint density at radius 3 is 2.56 bits per heavy atom. The molecule has 0 aromatic heterocycles. The number of nitrogens with two attached hydrogens (primary N) is 1.